The standard InChI is InChI=1S/C25H23FN2O2S2/c26-17-10-8-14(9-11-17)20-21-15-6-7-16(12-15)22(21)31-24-23(20)32-25(30)28(24)13-19(29)27-18-4-2-1-3-5-18/h1-5,8-11,15-16,20-22H,6-7,12-13H2,(H,27,29). The molecule has 0 saturated heterocycles. The highest BCUT2D eigenvalue weighted by atomic mass is 32.2. The molecule has 7 heteroatoms. The highest BCUT2D eigenvalue weighted by Crippen LogP contribution is 2.63. The summed E-state index contributed by atoms with van der Waals surface area (Å²) in [5, 5.41) is 4.28. The summed E-state index contributed by atoms with van der Waals surface area (Å²) in [4.78, 5) is 26.8. The number of hydrogen-bond donors (Lipinski definition) is 1. The van der Waals surface area contributed by atoms with Gasteiger partial charge in [-0.2, -0.15) is 0 Å². The van der Waals surface area contributed by atoms with Crippen molar-refractivity contribution < 1.29 is 9.18 Å². The molecule has 2 heterocycles. The molecule has 1 amide bonds. The maximum atomic E-state index is 13.7. The van der Waals surface area contributed by atoms with Gasteiger partial charge in [-0.05, 0) is 66.8 Å². The summed E-state index contributed by atoms with van der Waals surface area (Å²) in [6.45, 7) is 0.00812. The molecule has 2 fully saturated rings. The lowest BCUT2D eigenvalue weighted by Gasteiger charge is -2.40. The number of amides is 1. The molecule has 1 aliphatic heterocycles. The van der Waals surface area contributed by atoms with Crippen molar-refractivity contribution in [1.82, 2.24) is 4.57 Å². The van der Waals surface area contributed by atoms with Crippen LogP contribution in [0.5, 0.6) is 0 Å². The Labute approximate surface area is 193 Å². The summed E-state index contributed by atoms with van der Waals surface area (Å²) in [6, 6.07) is 16.1. The molecule has 0 radical (unpaired) electrons. The molecule has 32 heavy (non-hydrogen) atoms. The molecule has 2 aromatic carbocycles. The number of para-hydroxylation sites is 1. The largest absolute Gasteiger partial charge is 0.325 e. The number of benzene rings is 2. The van der Waals surface area contributed by atoms with Gasteiger partial charge in [-0.1, -0.05) is 41.7 Å². The molecule has 2 aliphatic carbocycles. The molecule has 3 aliphatic rings. The first-order valence-corrected chi connectivity index (χ1v) is 12.8. The van der Waals surface area contributed by atoms with Crippen LogP contribution in [0.1, 0.15) is 35.6 Å². The predicted molar refractivity (Wildman–Crippen MR) is 126 cm³/mol. The van der Waals surface area contributed by atoms with Gasteiger partial charge in [0.15, 0.2) is 0 Å². The van der Waals surface area contributed by atoms with Crippen LogP contribution in [-0.4, -0.2) is 15.7 Å². The number of nitrogens with one attached hydrogen (secondary N) is 1. The molecule has 2 bridgehead atoms. The Morgan fingerprint density at radius 3 is 2.59 bits per heavy atom. The zero-order valence-electron chi connectivity index (χ0n) is 17.4. The van der Waals surface area contributed by atoms with Gasteiger partial charge in [0.25, 0.3) is 0 Å². The lowest BCUT2D eigenvalue weighted by molar-refractivity contribution is -0.116. The van der Waals surface area contributed by atoms with Gasteiger partial charge in [0, 0.05) is 21.7 Å². The first-order chi connectivity index (χ1) is 15.6. The lowest BCUT2D eigenvalue weighted by atomic mass is 9.75. The number of fused-ring (bicyclic) bond motifs is 6. The van der Waals surface area contributed by atoms with E-state index >= 15 is 0 Å². The number of thiazole rings is 1. The number of nitrogens with zero attached hydrogens (tertiary/aromatic N) is 1. The highest BCUT2D eigenvalue weighted by Gasteiger charge is 2.55. The van der Waals surface area contributed by atoms with Crippen molar-refractivity contribution in [3.8, 4) is 0 Å². The first-order valence-electron chi connectivity index (χ1n) is 11.1. The molecule has 164 valence electrons. The van der Waals surface area contributed by atoms with E-state index < -0.39 is 0 Å². The van der Waals surface area contributed by atoms with Gasteiger partial charge in [0.2, 0.25) is 5.91 Å². The fourth-order valence-electron chi connectivity index (χ4n) is 6.00. The molecule has 1 N–H and O–H groups in total. The number of hydrogen-bond acceptors (Lipinski definition) is 4. The van der Waals surface area contributed by atoms with E-state index in [1.807, 2.05) is 54.2 Å². The molecular formula is C25H23FN2O2S2. The second kappa shape index (κ2) is 7.89. The van der Waals surface area contributed by atoms with Gasteiger partial charge in [0.05, 0.1) is 5.03 Å². The Morgan fingerprint density at radius 2 is 1.81 bits per heavy atom. The maximum Gasteiger partial charge on any atom is 0.308 e. The molecule has 6 rings (SSSR count). The quantitative estimate of drug-likeness (QED) is 0.565. The topological polar surface area (TPSA) is 51.1 Å². The van der Waals surface area contributed by atoms with Crippen LogP contribution in [0.15, 0.2) is 64.4 Å². The van der Waals surface area contributed by atoms with Crippen molar-refractivity contribution in [3.63, 3.8) is 0 Å². The van der Waals surface area contributed by atoms with Crippen molar-refractivity contribution >= 4 is 34.7 Å². The van der Waals surface area contributed by atoms with E-state index in [0.29, 0.717) is 23.0 Å². The Balaban J connectivity index is 1.38. The third-order valence-corrected chi connectivity index (χ3v) is 10.1. The Bertz CT molecular complexity index is 1220. The third-order valence-electron chi connectivity index (χ3n) is 7.28. The minimum Gasteiger partial charge on any atom is -0.325 e. The average Bonchev–Trinajstić information content (AvgIpc) is 3.48. The molecular weight excluding hydrogens is 443 g/mol. The zero-order chi connectivity index (χ0) is 21.8. The smallest absolute Gasteiger partial charge is 0.308 e. The fourth-order valence-corrected chi connectivity index (χ4v) is 9.15. The number of carbonyl (C=O) groups excluding carboxylic acids is 1. The van der Waals surface area contributed by atoms with Crippen LogP contribution >= 0.6 is 23.1 Å². The summed E-state index contributed by atoms with van der Waals surface area (Å²) < 4.78 is 15.3. The van der Waals surface area contributed by atoms with Crippen molar-refractivity contribution in [2.24, 2.45) is 17.8 Å². The second-order valence-electron chi connectivity index (χ2n) is 9.06. The SMILES string of the molecule is O=C(Cn1c2c(sc1=O)C(c1ccc(F)cc1)C1C3CCC(C3)C1S2)Nc1ccccc1. The normalized spacial score (nSPS) is 27.7. The van der Waals surface area contributed by atoms with Crippen molar-refractivity contribution in [2.45, 2.75) is 42.0 Å². The molecule has 5 atom stereocenters. The summed E-state index contributed by atoms with van der Waals surface area (Å²) in [6.07, 6.45) is 3.73. The molecule has 5 unspecified atom stereocenters. The number of carbonyl (C=O) groups is 1. The summed E-state index contributed by atoms with van der Waals surface area (Å²) >= 11 is 3.07. The average molecular weight is 467 g/mol. The van der Waals surface area contributed by atoms with Gasteiger partial charge in [0.1, 0.15) is 12.4 Å². The number of thioether (sulfide) groups is 1. The van der Waals surface area contributed by atoms with E-state index in [-0.39, 0.29) is 29.1 Å². The zero-order valence-corrected chi connectivity index (χ0v) is 19.0. The van der Waals surface area contributed by atoms with Crippen molar-refractivity contribution in [1.29, 1.82) is 0 Å². The first kappa shape index (κ1) is 20.2. The van der Waals surface area contributed by atoms with Crippen LogP contribution in [0.4, 0.5) is 10.1 Å². The molecule has 3 aromatic rings. The van der Waals surface area contributed by atoms with E-state index in [2.05, 4.69) is 5.32 Å². The van der Waals surface area contributed by atoms with E-state index in [1.165, 1.54) is 42.7 Å². The van der Waals surface area contributed by atoms with Gasteiger partial charge < -0.3 is 5.32 Å². The van der Waals surface area contributed by atoms with Gasteiger partial charge in [-0.15, -0.1) is 11.8 Å². The van der Waals surface area contributed by atoms with Gasteiger partial charge in [-0.25, -0.2) is 4.39 Å². The number of rotatable bonds is 4. The van der Waals surface area contributed by atoms with Crippen LogP contribution in [0.25, 0.3) is 0 Å². The van der Waals surface area contributed by atoms with E-state index in [1.54, 1.807) is 4.57 Å². The second-order valence-corrected chi connectivity index (χ2v) is 11.2. The van der Waals surface area contributed by atoms with Crippen molar-refractivity contribution in [2.75, 3.05) is 5.32 Å². The Hall–Kier alpha value is -2.38. The maximum absolute atomic E-state index is 13.7. The van der Waals surface area contributed by atoms with Crippen LogP contribution in [-0.2, 0) is 11.3 Å². The molecule has 2 saturated carbocycles. The van der Waals surface area contributed by atoms with Gasteiger partial charge in [-0.3, -0.25) is 14.2 Å². The highest BCUT2D eigenvalue weighted by molar-refractivity contribution is 8.00. The fraction of sp³-hybridized carbons (Fsp3) is 0.360. The summed E-state index contributed by atoms with van der Waals surface area (Å²) in [5.74, 6) is 1.45. The summed E-state index contributed by atoms with van der Waals surface area (Å²) in [5.41, 5.74) is 1.80. The number of aromatic nitrogens is 1. The third kappa shape index (κ3) is 3.33. The van der Waals surface area contributed by atoms with Crippen LogP contribution in [0.3, 0.4) is 0 Å². The summed E-state index contributed by atoms with van der Waals surface area (Å²) in [7, 11) is 0. The van der Waals surface area contributed by atoms with E-state index in [9.17, 15) is 14.0 Å². The number of halogens is 1. The monoisotopic (exact) mass is 466 g/mol. The van der Waals surface area contributed by atoms with Gasteiger partial charge >= 0.3 is 4.87 Å². The van der Waals surface area contributed by atoms with Crippen molar-refractivity contribution in [3.05, 3.63) is 80.5 Å². The minimum absolute atomic E-state index is 0.00812. The van der Waals surface area contributed by atoms with E-state index in [0.717, 1.165) is 21.2 Å². The molecule has 1 aromatic heterocycles. The Kier molecular flexibility index (Phi) is 4.99. The Morgan fingerprint density at radius 1 is 1.06 bits per heavy atom. The van der Waals surface area contributed by atoms with Crippen LogP contribution < -0.4 is 10.2 Å². The predicted octanol–water partition coefficient (Wildman–Crippen LogP) is 5.34. The lowest BCUT2D eigenvalue weighted by Crippen LogP contribution is -2.34. The van der Waals surface area contributed by atoms with E-state index in [4.69, 9.17) is 0 Å². The van der Waals surface area contributed by atoms with Crippen LogP contribution in [0, 0.1) is 23.6 Å². The van der Waals surface area contributed by atoms with Crippen LogP contribution in [0.2, 0.25) is 0 Å². The molecule has 0 spiro atoms. The number of anilines is 1. The molecule has 4 nitrogen and oxygen atoms in total. The minimum atomic E-state index is -0.244.